The van der Waals surface area contributed by atoms with Crippen LogP contribution in [0, 0.1) is 0 Å². The number of methoxy groups -OCH3 is 2. The van der Waals surface area contributed by atoms with Crippen molar-refractivity contribution in [3.8, 4) is 17.2 Å². The van der Waals surface area contributed by atoms with Crippen LogP contribution in [0.25, 0.3) is 17.0 Å². The van der Waals surface area contributed by atoms with E-state index in [0.29, 0.717) is 11.3 Å². The number of aromatic hydroxyl groups is 1. The maximum absolute atomic E-state index is 13.8. The lowest BCUT2D eigenvalue weighted by Crippen LogP contribution is -2.53. The SMILES string of the molecule is COc1cc(/C=C2\S/C(=N\c3ccccc3)N(C(C)C(=O)N[C@@H](Cc3c[nH]c4ccccc34)C(N)=O)C2=O)cc(OC)c1O. The van der Waals surface area contributed by atoms with Gasteiger partial charge in [0, 0.05) is 23.5 Å². The number of nitrogens with one attached hydrogen (secondary N) is 2. The molecule has 0 bridgehead atoms. The Morgan fingerprint density at radius 3 is 2.41 bits per heavy atom. The molecule has 3 aromatic carbocycles. The largest absolute Gasteiger partial charge is 0.502 e. The third kappa shape index (κ3) is 6.25. The molecule has 0 radical (unpaired) electrons. The molecule has 1 aliphatic heterocycles. The van der Waals surface area contributed by atoms with Gasteiger partial charge in [0.25, 0.3) is 5.91 Å². The summed E-state index contributed by atoms with van der Waals surface area (Å²) in [5.74, 6) is -1.57. The number of fused-ring (bicyclic) bond motifs is 1. The third-order valence-electron chi connectivity index (χ3n) is 7.14. The van der Waals surface area contributed by atoms with E-state index in [-0.39, 0.29) is 33.7 Å². The van der Waals surface area contributed by atoms with Gasteiger partial charge in [0.2, 0.25) is 17.6 Å². The lowest BCUT2D eigenvalue weighted by atomic mass is 10.0. The van der Waals surface area contributed by atoms with Crippen LogP contribution in [-0.4, -0.2) is 64.2 Å². The van der Waals surface area contributed by atoms with Gasteiger partial charge < -0.3 is 30.6 Å². The first kappa shape index (κ1) is 30.2. The van der Waals surface area contributed by atoms with Gasteiger partial charge in [-0.15, -0.1) is 0 Å². The lowest BCUT2D eigenvalue weighted by Gasteiger charge is -2.25. The highest BCUT2D eigenvalue weighted by Gasteiger charge is 2.40. The molecule has 5 N–H and O–H groups in total. The topological polar surface area (TPSA) is 159 Å². The maximum Gasteiger partial charge on any atom is 0.267 e. The van der Waals surface area contributed by atoms with Crippen LogP contribution in [0.3, 0.4) is 0 Å². The molecule has 1 aliphatic rings. The number of phenolic OH excluding ortho intramolecular Hbond substituents is 1. The van der Waals surface area contributed by atoms with Crippen LogP contribution in [0.5, 0.6) is 17.2 Å². The number of carbonyl (C=O) groups excluding carboxylic acids is 3. The minimum Gasteiger partial charge on any atom is -0.502 e. The van der Waals surface area contributed by atoms with E-state index in [9.17, 15) is 19.5 Å². The van der Waals surface area contributed by atoms with Crippen LogP contribution < -0.4 is 20.5 Å². The number of para-hydroxylation sites is 2. The number of benzene rings is 3. The van der Waals surface area contributed by atoms with E-state index in [2.05, 4.69) is 15.3 Å². The van der Waals surface area contributed by atoms with Crippen LogP contribution in [0.4, 0.5) is 5.69 Å². The summed E-state index contributed by atoms with van der Waals surface area (Å²) in [5.41, 5.74) is 8.53. The molecule has 0 aliphatic carbocycles. The van der Waals surface area contributed by atoms with Crippen LogP contribution in [0.15, 0.2) is 82.8 Å². The summed E-state index contributed by atoms with van der Waals surface area (Å²) in [7, 11) is 2.82. The second-order valence-electron chi connectivity index (χ2n) is 9.99. The smallest absolute Gasteiger partial charge is 0.267 e. The number of aliphatic imine (C=N–C) groups is 1. The van der Waals surface area contributed by atoms with Crippen molar-refractivity contribution in [1.29, 1.82) is 0 Å². The van der Waals surface area contributed by atoms with Gasteiger partial charge in [-0.25, -0.2) is 4.99 Å². The number of amidine groups is 1. The van der Waals surface area contributed by atoms with Crippen LogP contribution in [-0.2, 0) is 20.8 Å². The summed E-state index contributed by atoms with van der Waals surface area (Å²) < 4.78 is 10.5. The van der Waals surface area contributed by atoms with Crippen molar-refractivity contribution in [3.63, 3.8) is 0 Å². The summed E-state index contributed by atoms with van der Waals surface area (Å²) in [6, 6.07) is 17.7. The number of primary amides is 1. The summed E-state index contributed by atoms with van der Waals surface area (Å²) in [4.78, 5) is 49.2. The number of carbonyl (C=O) groups is 3. The number of thioether (sulfide) groups is 1. The molecule has 0 spiro atoms. The van der Waals surface area contributed by atoms with Crippen molar-refractivity contribution >= 4 is 57.3 Å². The minimum absolute atomic E-state index is 0.168. The Morgan fingerprint density at radius 1 is 1.09 bits per heavy atom. The fourth-order valence-corrected chi connectivity index (χ4v) is 5.89. The van der Waals surface area contributed by atoms with Crippen LogP contribution in [0.1, 0.15) is 18.1 Å². The average Bonchev–Trinajstić information content (AvgIpc) is 3.57. The standard InChI is InChI=1S/C32H31N5O6S/c1-18(30(40)36-24(29(33)39)16-20-17-34-23-12-8-7-11-22(20)23)37-31(41)27(44-32(37)35-21-9-5-4-6-10-21)15-19-13-25(42-2)28(38)26(14-19)43-3/h4-15,17-18,24,34,38H,16H2,1-3H3,(H2,33,39)(H,36,40)/b27-15-,35-32-/t18?,24-/m0/s1. The van der Waals surface area contributed by atoms with Crippen molar-refractivity contribution in [1.82, 2.24) is 15.2 Å². The first-order valence-corrected chi connectivity index (χ1v) is 14.5. The number of aromatic amines is 1. The molecule has 1 saturated heterocycles. The van der Waals surface area contributed by atoms with Crippen LogP contribution >= 0.6 is 11.8 Å². The highest BCUT2D eigenvalue weighted by Crippen LogP contribution is 2.40. The second kappa shape index (κ2) is 13.0. The van der Waals surface area contributed by atoms with E-state index in [1.54, 1.807) is 43.5 Å². The molecule has 11 nitrogen and oxygen atoms in total. The Kier molecular flexibility index (Phi) is 8.91. The van der Waals surface area contributed by atoms with E-state index < -0.39 is 29.8 Å². The van der Waals surface area contributed by atoms with Gasteiger partial charge in [-0.3, -0.25) is 19.3 Å². The van der Waals surface area contributed by atoms with Crippen LogP contribution in [0.2, 0.25) is 0 Å². The van der Waals surface area contributed by atoms with Gasteiger partial charge in [0.05, 0.1) is 24.8 Å². The number of ether oxygens (including phenoxy) is 2. The van der Waals surface area contributed by atoms with E-state index in [1.807, 2.05) is 42.5 Å². The monoisotopic (exact) mass is 613 g/mol. The quantitative estimate of drug-likeness (QED) is 0.196. The predicted octanol–water partition coefficient (Wildman–Crippen LogP) is 4.10. The number of amides is 3. The number of nitrogens with zero attached hydrogens (tertiary/aromatic N) is 2. The first-order chi connectivity index (χ1) is 21.2. The molecule has 5 rings (SSSR count). The van der Waals surface area contributed by atoms with Crippen molar-refractivity contribution in [2.24, 2.45) is 10.7 Å². The Labute approximate surface area is 257 Å². The van der Waals surface area contributed by atoms with E-state index in [1.165, 1.54) is 19.1 Å². The Balaban J connectivity index is 1.45. The average molecular weight is 614 g/mol. The summed E-state index contributed by atoms with van der Waals surface area (Å²) in [5, 5.41) is 14.2. The first-order valence-electron chi connectivity index (χ1n) is 13.7. The van der Waals surface area contributed by atoms with Gasteiger partial charge in [0.15, 0.2) is 16.7 Å². The third-order valence-corrected chi connectivity index (χ3v) is 8.13. The molecule has 1 aromatic heterocycles. The molecule has 2 heterocycles. The van der Waals surface area contributed by atoms with Gasteiger partial charge in [-0.2, -0.15) is 0 Å². The fraction of sp³-hybridized carbons (Fsp3) is 0.188. The number of rotatable bonds is 10. The second-order valence-corrected chi connectivity index (χ2v) is 11.0. The molecular formula is C32H31N5O6S. The molecule has 1 unspecified atom stereocenters. The Hall–Kier alpha value is -5.23. The maximum atomic E-state index is 13.8. The number of hydrogen-bond donors (Lipinski definition) is 4. The molecule has 226 valence electrons. The molecular weight excluding hydrogens is 582 g/mol. The van der Waals surface area contributed by atoms with Crippen molar-refractivity contribution in [2.75, 3.05) is 14.2 Å². The van der Waals surface area contributed by atoms with E-state index in [4.69, 9.17) is 15.2 Å². The summed E-state index contributed by atoms with van der Waals surface area (Å²) in [6.45, 7) is 1.56. The molecule has 1 fully saturated rings. The van der Waals surface area contributed by atoms with Crippen molar-refractivity contribution < 1.29 is 29.0 Å². The summed E-state index contributed by atoms with van der Waals surface area (Å²) >= 11 is 1.09. The zero-order valence-corrected chi connectivity index (χ0v) is 25.1. The number of aromatic nitrogens is 1. The zero-order valence-electron chi connectivity index (χ0n) is 24.2. The molecule has 0 saturated carbocycles. The number of nitrogens with two attached hydrogens (primary N) is 1. The normalized spacial score (nSPS) is 16.3. The fourth-order valence-electron chi connectivity index (χ4n) is 4.82. The van der Waals surface area contributed by atoms with Crippen molar-refractivity contribution in [2.45, 2.75) is 25.4 Å². The van der Waals surface area contributed by atoms with Gasteiger partial charge in [-0.1, -0.05) is 36.4 Å². The lowest BCUT2D eigenvalue weighted by molar-refractivity contribution is -0.134. The van der Waals surface area contributed by atoms with Gasteiger partial charge in [0.1, 0.15) is 12.1 Å². The Morgan fingerprint density at radius 2 is 1.75 bits per heavy atom. The molecule has 3 amide bonds. The minimum atomic E-state index is -1.04. The number of H-pyrrole nitrogens is 1. The molecule has 44 heavy (non-hydrogen) atoms. The molecule has 12 heteroatoms. The summed E-state index contributed by atoms with van der Waals surface area (Å²) in [6.07, 6.45) is 3.55. The highest BCUT2D eigenvalue weighted by atomic mass is 32.2. The van der Waals surface area contributed by atoms with E-state index >= 15 is 0 Å². The van der Waals surface area contributed by atoms with Gasteiger partial charge >= 0.3 is 0 Å². The molecule has 4 aromatic rings. The van der Waals surface area contributed by atoms with Crippen molar-refractivity contribution in [3.05, 3.63) is 89.0 Å². The van der Waals surface area contributed by atoms with E-state index in [0.717, 1.165) is 28.2 Å². The highest BCUT2D eigenvalue weighted by molar-refractivity contribution is 8.18. The zero-order chi connectivity index (χ0) is 31.4. The predicted molar refractivity (Wildman–Crippen MR) is 170 cm³/mol. The van der Waals surface area contributed by atoms with Gasteiger partial charge in [-0.05, 0) is 66.2 Å². The Bertz CT molecular complexity index is 1760. The molecule has 2 atom stereocenters. The number of phenols is 1. The number of hydrogen-bond acceptors (Lipinski definition) is 8.